The number of halogens is 2. The molecule has 2 aromatic carbocycles. The van der Waals surface area contributed by atoms with Crippen molar-refractivity contribution in [1.29, 1.82) is 5.26 Å². The van der Waals surface area contributed by atoms with Gasteiger partial charge in [0.05, 0.1) is 23.8 Å². The molecular formula is C17H14F2N2O. The molecule has 0 aliphatic carbocycles. The number of anilines is 1. The summed E-state index contributed by atoms with van der Waals surface area (Å²) >= 11 is 0. The Kier molecular flexibility index (Phi) is 3.78. The van der Waals surface area contributed by atoms with E-state index in [0.29, 0.717) is 24.1 Å². The standard InChI is InChI=1S/C17H14F2N2O/c18-15-6-3-12(7-16(15)19)17-8-14(22)10-21(17)13-4-1-11(9-20)2-5-13/h1-7,14,17,22H,8,10H2/t14-,17+/m1/s1. The third kappa shape index (κ3) is 2.66. The van der Waals surface area contributed by atoms with Gasteiger partial charge in [0, 0.05) is 12.2 Å². The molecule has 2 atom stereocenters. The Bertz CT molecular complexity index is 724. The number of hydrogen-bond donors (Lipinski definition) is 1. The Labute approximate surface area is 127 Å². The van der Waals surface area contributed by atoms with Crippen LogP contribution in [0.1, 0.15) is 23.6 Å². The van der Waals surface area contributed by atoms with Gasteiger partial charge in [-0.25, -0.2) is 8.78 Å². The first-order valence-corrected chi connectivity index (χ1v) is 6.98. The Balaban J connectivity index is 1.94. The molecule has 0 radical (unpaired) electrons. The first kappa shape index (κ1) is 14.5. The zero-order chi connectivity index (χ0) is 15.7. The minimum atomic E-state index is -0.890. The molecule has 1 N–H and O–H groups in total. The highest BCUT2D eigenvalue weighted by Gasteiger charge is 2.32. The molecule has 0 saturated carbocycles. The molecule has 1 fully saturated rings. The summed E-state index contributed by atoms with van der Waals surface area (Å²) in [6.45, 7) is 0.412. The fourth-order valence-corrected chi connectivity index (χ4v) is 2.86. The molecule has 22 heavy (non-hydrogen) atoms. The molecule has 1 aliphatic rings. The highest BCUT2D eigenvalue weighted by Crippen LogP contribution is 2.36. The van der Waals surface area contributed by atoms with E-state index in [1.165, 1.54) is 12.1 Å². The monoisotopic (exact) mass is 300 g/mol. The van der Waals surface area contributed by atoms with Gasteiger partial charge in [-0.2, -0.15) is 5.26 Å². The van der Waals surface area contributed by atoms with Crippen LogP contribution >= 0.6 is 0 Å². The van der Waals surface area contributed by atoms with Gasteiger partial charge in [-0.1, -0.05) is 6.07 Å². The normalized spacial score (nSPS) is 20.9. The number of aliphatic hydroxyl groups excluding tert-OH is 1. The van der Waals surface area contributed by atoms with Gasteiger partial charge in [0.1, 0.15) is 0 Å². The summed E-state index contributed by atoms with van der Waals surface area (Å²) in [5, 5.41) is 18.8. The molecule has 1 aliphatic heterocycles. The van der Waals surface area contributed by atoms with Crippen molar-refractivity contribution in [3.63, 3.8) is 0 Å². The van der Waals surface area contributed by atoms with E-state index in [1.54, 1.807) is 24.3 Å². The third-order valence-electron chi connectivity index (χ3n) is 3.94. The molecule has 0 spiro atoms. The Morgan fingerprint density at radius 3 is 2.45 bits per heavy atom. The van der Waals surface area contributed by atoms with Gasteiger partial charge in [-0.3, -0.25) is 0 Å². The van der Waals surface area contributed by atoms with Crippen LogP contribution in [0.2, 0.25) is 0 Å². The van der Waals surface area contributed by atoms with E-state index in [0.717, 1.165) is 11.8 Å². The van der Waals surface area contributed by atoms with E-state index in [-0.39, 0.29) is 6.04 Å². The summed E-state index contributed by atoms with van der Waals surface area (Å²) in [4.78, 5) is 1.94. The van der Waals surface area contributed by atoms with E-state index < -0.39 is 17.7 Å². The van der Waals surface area contributed by atoms with Crippen molar-refractivity contribution in [2.75, 3.05) is 11.4 Å². The second-order valence-electron chi connectivity index (χ2n) is 5.39. The Morgan fingerprint density at radius 1 is 1.09 bits per heavy atom. The number of nitrogens with zero attached hydrogens (tertiary/aromatic N) is 2. The van der Waals surface area contributed by atoms with Crippen LogP contribution in [0.4, 0.5) is 14.5 Å². The number of aliphatic hydroxyl groups is 1. The minimum Gasteiger partial charge on any atom is -0.391 e. The van der Waals surface area contributed by atoms with Crippen LogP contribution in [0.5, 0.6) is 0 Å². The zero-order valence-electron chi connectivity index (χ0n) is 11.7. The van der Waals surface area contributed by atoms with E-state index in [2.05, 4.69) is 6.07 Å². The topological polar surface area (TPSA) is 47.3 Å². The first-order chi connectivity index (χ1) is 10.6. The lowest BCUT2D eigenvalue weighted by Crippen LogP contribution is -2.24. The number of nitriles is 1. The Morgan fingerprint density at radius 2 is 1.82 bits per heavy atom. The van der Waals surface area contributed by atoms with Crippen LogP contribution in [0.15, 0.2) is 42.5 Å². The molecule has 112 valence electrons. The van der Waals surface area contributed by atoms with E-state index in [4.69, 9.17) is 5.26 Å². The fourth-order valence-electron chi connectivity index (χ4n) is 2.86. The molecule has 0 aromatic heterocycles. The highest BCUT2D eigenvalue weighted by molar-refractivity contribution is 5.53. The van der Waals surface area contributed by atoms with Crippen molar-refractivity contribution >= 4 is 5.69 Å². The average Bonchev–Trinajstić information content (AvgIpc) is 2.92. The van der Waals surface area contributed by atoms with Gasteiger partial charge in [0.2, 0.25) is 0 Å². The lowest BCUT2D eigenvalue weighted by Gasteiger charge is -2.27. The fraction of sp³-hybridized carbons (Fsp3) is 0.235. The van der Waals surface area contributed by atoms with Crippen molar-refractivity contribution in [2.24, 2.45) is 0 Å². The molecule has 3 nitrogen and oxygen atoms in total. The number of benzene rings is 2. The molecule has 0 unspecified atom stereocenters. The molecule has 0 bridgehead atoms. The van der Waals surface area contributed by atoms with Gasteiger partial charge in [-0.05, 0) is 48.4 Å². The summed E-state index contributed by atoms with van der Waals surface area (Å²) in [5.41, 5.74) is 2.01. The smallest absolute Gasteiger partial charge is 0.159 e. The summed E-state index contributed by atoms with van der Waals surface area (Å²) in [7, 11) is 0. The van der Waals surface area contributed by atoms with Crippen LogP contribution in [-0.2, 0) is 0 Å². The number of rotatable bonds is 2. The summed E-state index contributed by atoms with van der Waals surface area (Å²) in [5.74, 6) is -1.77. The minimum absolute atomic E-state index is 0.224. The van der Waals surface area contributed by atoms with E-state index >= 15 is 0 Å². The van der Waals surface area contributed by atoms with Gasteiger partial charge in [0.25, 0.3) is 0 Å². The molecule has 1 saturated heterocycles. The van der Waals surface area contributed by atoms with Crippen molar-refractivity contribution < 1.29 is 13.9 Å². The third-order valence-corrected chi connectivity index (χ3v) is 3.94. The van der Waals surface area contributed by atoms with Crippen LogP contribution in [0, 0.1) is 23.0 Å². The van der Waals surface area contributed by atoms with Crippen LogP contribution in [0.25, 0.3) is 0 Å². The largest absolute Gasteiger partial charge is 0.391 e. The zero-order valence-corrected chi connectivity index (χ0v) is 11.7. The quantitative estimate of drug-likeness (QED) is 0.927. The van der Waals surface area contributed by atoms with E-state index in [9.17, 15) is 13.9 Å². The highest BCUT2D eigenvalue weighted by atomic mass is 19.2. The molecule has 5 heteroatoms. The molecule has 3 rings (SSSR count). The first-order valence-electron chi connectivity index (χ1n) is 6.98. The maximum atomic E-state index is 13.5. The van der Waals surface area contributed by atoms with Gasteiger partial charge in [0.15, 0.2) is 11.6 Å². The number of β-amino-alcohol motifs (C(OH)–C–C–N with tert-alkyl or cyclic N) is 1. The van der Waals surface area contributed by atoms with Crippen molar-refractivity contribution in [1.82, 2.24) is 0 Å². The molecule has 0 amide bonds. The molecular weight excluding hydrogens is 286 g/mol. The predicted octanol–water partition coefficient (Wildman–Crippen LogP) is 3.15. The van der Waals surface area contributed by atoms with Crippen LogP contribution in [0.3, 0.4) is 0 Å². The van der Waals surface area contributed by atoms with E-state index in [1.807, 2.05) is 4.90 Å². The Hall–Kier alpha value is -2.45. The lowest BCUT2D eigenvalue weighted by atomic mass is 10.0. The summed E-state index contributed by atoms with van der Waals surface area (Å²) in [6, 6.07) is 12.6. The average molecular weight is 300 g/mol. The van der Waals surface area contributed by atoms with Crippen LogP contribution < -0.4 is 4.90 Å². The van der Waals surface area contributed by atoms with Crippen molar-refractivity contribution in [2.45, 2.75) is 18.6 Å². The van der Waals surface area contributed by atoms with Crippen LogP contribution in [-0.4, -0.2) is 17.8 Å². The van der Waals surface area contributed by atoms with Crippen molar-refractivity contribution in [3.8, 4) is 6.07 Å². The predicted molar refractivity (Wildman–Crippen MR) is 78.2 cm³/mol. The van der Waals surface area contributed by atoms with Crippen molar-refractivity contribution in [3.05, 3.63) is 65.2 Å². The van der Waals surface area contributed by atoms with Gasteiger partial charge < -0.3 is 10.0 Å². The van der Waals surface area contributed by atoms with Gasteiger partial charge in [-0.15, -0.1) is 0 Å². The summed E-state index contributed by atoms with van der Waals surface area (Å²) in [6.07, 6.45) is -0.0841. The maximum Gasteiger partial charge on any atom is 0.159 e. The maximum absolute atomic E-state index is 13.5. The second kappa shape index (κ2) is 5.74. The molecule has 1 heterocycles. The molecule has 2 aromatic rings. The SMILES string of the molecule is N#Cc1ccc(N2C[C@H](O)C[C@H]2c2ccc(F)c(F)c2)cc1. The second-order valence-corrected chi connectivity index (χ2v) is 5.39. The lowest BCUT2D eigenvalue weighted by molar-refractivity contribution is 0.194. The summed E-state index contributed by atoms with van der Waals surface area (Å²) < 4.78 is 26.6. The van der Waals surface area contributed by atoms with Gasteiger partial charge >= 0.3 is 0 Å². The number of hydrogen-bond acceptors (Lipinski definition) is 3.